The minimum Gasteiger partial charge on any atom is -0.0622 e. The zero-order chi connectivity index (χ0) is 45.0. The van der Waals surface area contributed by atoms with Crippen LogP contribution in [0.5, 0.6) is 0 Å². The molecule has 1 aliphatic carbocycles. The van der Waals surface area contributed by atoms with Crippen LogP contribution in [0.4, 0.5) is 0 Å². The molecular formula is C68H44. The standard InChI is InChI=1S/C68H44/c1-7-23-45(24-8-1)52-37-21-38-53(46-25-9-2-10-26-46)62(52)59-44-43-58-57-42-41-49-31-19-20-36-54(49)64(57)68-61(51-34-17-6-18-35-51)60(50-32-15-5-16-33-50)67(66(59)65(58)68)63-55(47-27-11-3-12-28-47)39-22-40-56(63)48-29-13-4-14-30-48/h1-44H. The van der Waals surface area contributed by atoms with Crippen molar-refractivity contribution < 1.29 is 0 Å². The highest BCUT2D eigenvalue weighted by molar-refractivity contribution is 6.33. The van der Waals surface area contributed by atoms with E-state index in [1.807, 2.05) is 0 Å². The van der Waals surface area contributed by atoms with Gasteiger partial charge in [-0.25, -0.2) is 0 Å². The lowest BCUT2D eigenvalue weighted by Gasteiger charge is -2.28. The van der Waals surface area contributed by atoms with E-state index in [4.69, 9.17) is 0 Å². The van der Waals surface area contributed by atoms with Crippen LogP contribution in [-0.2, 0) is 0 Å². The molecule has 13 rings (SSSR count). The quantitative estimate of drug-likeness (QED) is 0.143. The maximum absolute atomic E-state index is 2.45. The lowest BCUT2D eigenvalue weighted by Crippen LogP contribution is -2.01. The first-order valence-corrected chi connectivity index (χ1v) is 23.6. The summed E-state index contributed by atoms with van der Waals surface area (Å²) in [6.07, 6.45) is 0. The molecule has 0 aliphatic heterocycles. The monoisotopic (exact) mass is 860 g/mol. The van der Waals surface area contributed by atoms with Gasteiger partial charge in [-0.05, 0) is 133 Å². The molecule has 0 heteroatoms. The summed E-state index contributed by atoms with van der Waals surface area (Å²) in [6, 6.07) is 98.7. The first kappa shape index (κ1) is 39.5. The van der Waals surface area contributed by atoms with Crippen molar-refractivity contribution in [3.63, 3.8) is 0 Å². The Balaban J connectivity index is 1.35. The molecule has 0 amide bonds. The van der Waals surface area contributed by atoms with Gasteiger partial charge in [0, 0.05) is 0 Å². The van der Waals surface area contributed by atoms with Crippen LogP contribution in [0.25, 0.3) is 133 Å². The molecule has 0 bridgehead atoms. The van der Waals surface area contributed by atoms with Crippen molar-refractivity contribution in [3.8, 4) is 111 Å². The van der Waals surface area contributed by atoms with Gasteiger partial charge in [0.2, 0.25) is 0 Å². The van der Waals surface area contributed by atoms with Crippen LogP contribution in [-0.4, -0.2) is 0 Å². The normalized spacial score (nSPS) is 11.5. The van der Waals surface area contributed by atoms with E-state index in [9.17, 15) is 0 Å². The molecule has 316 valence electrons. The summed E-state index contributed by atoms with van der Waals surface area (Å²) in [5.74, 6) is 0. The lowest BCUT2D eigenvalue weighted by atomic mass is 9.74. The Labute approximate surface area is 397 Å². The van der Waals surface area contributed by atoms with E-state index < -0.39 is 0 Å². The Morgan fingerprint density at radius 2 is 0.485 bits per heavy atom. The van der Waals surface area contributed by atoms with Crippen molar-refractivity contribution in [2.45, 2.75) is 0 Å². The van der Waals surface area contributed by atoms with Gasteiger partial charge in [0.25, 0.3) is 0 Å². The van der Waals surface area contributed by atoms with E-state index in [0.29, 0.717) is 0 Å². The predicted octanol–water partition coefficient (Wildman–Crippen LogP) is 19.0. The summed E-state index contributed by atoms with van der Waals surface area (Å²) < 4.78 is 0. The lowest BCUT2D eigenvalue weighted by molar-refractivity contribution is 1.55. The minimum absolute atomic E-state index is 1.17. The number of benzene rings is 12. The Bertz CT molecular complexity index is 3720. The molecule has 1 aliphatic rings. The molecule has 0 N–H and O–H groups in total. The van der Waals surface area contributed by atoms with Crippen molar-refractivity contribution in [2.75, 3.05) is 0 Å². The highest BCUT2D eigenvalue weighted by Crippen LogP contribution is 2.62. The van der Waals surface area contributed by atoms with Gasteiger partial charge in [-0.15, -0.1) is 0 Å². The smallest absolute Gasteiger partial charge is 0.000116 e. The first-order valence-electron chi connectivity index (χ1n) is 23.6. The second-order valence-corrected chi connectivity index (χ2v) is 17.8. The van der Waals surface area contributed by atoms with Crippen molar-refractivity contribution in [3.05, 3.63) is 267 Å². The molecule has 0 saturated heterocycles. The maximum Gasteiger partial charge on any atom is -0.000116 e. The molecule has 68 heavy (non-hydrogen) atoms. The molecule has 0 aromatic heterocycles. The summed E-state index contributed by atoms with van der Waals surface area (Å²) in [5.41, 5.74) is 24.3. The minimum atomic E-state index is 1.17. The third-order valence-corrected chi connectivity index (χ3v) is 14.0. The van der Waals surface area contributed by atoms with Crippen LogP contribution < -0.4 is 0 Å². The molecule has 12 aromatic carbocycles. The SMILES string of the molecule is c1ccc(-c2cccc(-c3ccccc3)c2-c2ccc3c4c(c(-c5ccccc5)c(-c5ccccc5)c(-c5c(-c6ccccc6)cccc5-c5ccccc5)c24)-c2c-3ccc3ccccc23)cc1. The number of fused-ring (bicyclic) bond motifs is 5. The van der Waals surface area contributed by atoms with Crippen LogP contribution in [0, 0.1) is 0 Å². The fraction of sp³-hybridized carbons (Fsp3) is 0. The second-order valence-electron chi connectivity index (χ2n) is 17.8. The summed E-state index contributed by atoms with van der Waals surface area (Å²) in [6.45, 7) is 0. The van der Waals surface area contributed by atoms with Gasteiger partial charge in [-0.3, -0.25) is 0 Å². The highest BCUT2D eigenvalue weighted by Gasteiger charge is 2.35. The fourth-order valence-electron chi connectivity index (χ4n) is 11.2. The summed E-state index contributed by atoms with van der Waals surface area (Å²) >= 11 is 0. The Kier molecular flexibility index (Phi) is 9.62. The third kappa shape index (κ3) is 6.38. The van der Waals surface area contributed by atoms with E-state index in [1.165, 1.54) is 133 Å². The molecule has 0 heterocycles. The van der Waals surface area contributed by atoms with Crippen LogP contribution in [0.3, 0.4) is 0 Å². The summed E-state index contributed by atoms with van der Waals surface area (Å²) in [7, 11) is 0. The summed E-state index contributed by atoms with van der Waals surface area (Å²) in [4.78, 5) is 0. The first-order chi connectivity index (χ1) is 33.8. The molecular weight excluding hydrogens is 817 g/mol. The highest BCUT2D eigenvalue weighted by atomic mass is 14.4. The van der Waals surface area contributed by atoms with Crippen molar-refractivity contribution in [1.29, 1.82) is 0 Å². The van der Waals surface area contributed by atoms with Crippen molar-refractivity contribution in [2.24, 2.45) is 0 Å². The van der Waals surface area contributed by atoms with E-state index in [-0.39, 0.29) is 0 Å². The number of hydrogen-bond donors (Lipinski definition) is 0. The molecule has 12 aromatic rings. The Morgan fingerprint density at radius 3 is 0.941 bits per heavy atom. The van der Waals surface area contributed by atoms with Crippen molar-refractivity contribution in [1.82, 2.24) is 0 Å². The van der Waals surface area contributed by atoms with Gasteiger partial charge >= 0.3 is 0 Å². The maximum atomic E-state index is 2.45. The van der Waals surface area contributed by atoms with E-state index in [1.54, 1.807) is 0 Å². The van der Waals surface area contributed by atoms with Crippen molar-refractivity contribution >= 4 is 21.5 Å². The molecule has 0 unspecified atom stereocenters. The van der Waals surface area contributed by atoms with Crippen LogP contribution in [0.15, 0.2) is 267 Å². The van der Waals surface area contributed by atoms with E-state index >= 15 is 0 Å². The van der Waals surface area contributed by atoms with Gasteiger partial charge in [-0.2, -0.15) is 0 Å². The summed E-state index contributed by atoms with van der Waals surface area (Å²) in [5, 5.41) is 5.03. The zero-order valence-electron chi connectivity index (χ0n) is 37.4. The zero-order valence-corrected chi connectivity index (χ0v) is 37.4. The molecule has 0 atom stereocenters. The van der Waals surface area contributed by atoms with Gasteiger partial charge in [0.05, 0.1) is 0 Å². The number of hydrogen-bond acceptors (Lipinski definition) is 0. The van der Waals surface area contributed by atoms with E-state index in [0.717, 1.165) is 0 Å². The Morgan fingerprint density at radius 1 is 0.147 bits per heavy atom. The predicted molar refractivity (Wildman–Crippen MR) is 289 cm³/mol. The molecule has 0 fully saturated rings. The fourth-order valence-corrected chi connectivity index (χ4v) is 11.2. The van der Waals surface area contributed by atoms with Crippen LogP contribution in [0.2, 0.25) is 0 Å². The average Bonchev–Trinajstić information content (AvgIpc) is 3.77. The van der Waals surface area contributed by atoms with Gasteiger partial charge in [0.1, 0.15) is 0 Å². The molecule has 0 radical (unpaired) electrons. The molecule has 0 saturated carbocycles. The topological polar surface area (TPSA) is 0 Å². The van der Waals surface area contributed by atoms with Gasteiger partial charge < -0.3 is 0 Å². The second kappa shape index (κ2) is 16.5. The van der Waals surface area contributed by atoms with Crippen LogP contribution >= 0.6 is 0 Å². The molecule has 0 spiro atoms. The van der Waals surface area contributed by atoms with E-state index in [2.05, 4.69) is 267 Å². The number of rotatable bonds is 8. The molecule has 0 nitrogen and oxygen atoms in total. The third-order valence-electron chi connectivity index (χ3n) is 14.0. The Hall–Kier alpha value is -8.84. The largest absolute Gasteiger partial charge is 0.0622 e. The van der Waals surface area contributed by atoms with Gasteiger partial charge in [-0.1, -0.05) is 267 Å². The van der Waals surface area contributed by atoms with Gasteiger partial charge in [0.15, 0.2) is 0 Å². The average molecular weight is 861 g/mol. The van der Waals surface area contributed by atoms with Crippen LogP contribution in [0.1, 0.15) is 0 Å².